The van der Waals surface area contributed by atoms with Gasteiger partial charge in [0.15, 0.2) is 0 Å². The van der Waals surface area contributed by atoms with Crippen LogP contribution in [-0.4, -0.2) is 94.3 Å². The molecule has 2 fully saturated rings. The van der Waals surface area contributed by atoms with Crippen LogP contribution in [0.15, 0.2) is 23.2 Å². The fourth-order valence-electron chi connectivity index (χ4n) is 5.08. The number of fused-ring (bicyclic) bond motifs is 6. The van der Waals surface area contributed by atoms with Gasteiger partial charge in [-0.1, -0.05) is 6.07 Å². The van der Waals surface area contributed by atoms with E-state index in [1.165, 1.54) is 0 Å². The average molecular weight is 482 g/mol. The number of nitrogen functional groups attached to an aromatic ring is 1. The van der Waals surface area contributed by atoms with Crippen molar-refractivity contribution in [2.75, 3.05) is 64.0 Å². The van der Waals surface area contributed by atoms with E-state index in [-0.39, 0.29) is 11.9 Å². The Balaban J connectivity index is 1.55. The smallest absolute Gasteiger partial charge is 0.341 e. The second kappa shape index (κ2) is 10.0. The fraction of sp³-hybridized carbons (Fsp3) is 0.520. The van der Waals surface area contributed by atoms with Crippen LogP contribution in [0.4, 0.5) is 5.95 Å². The van der Waals surface area contributed by atoms with E-state index in [1.54, 1.807) is 11.8 Å². The molecule has 0 spiro atoms. The molecule has 5 rings (SSSR count). The summed E-state index contributed by atoms with van der Waals surface area (Å²) in [6.45, 7) is 11.1. The molecule has 4 heterocycles. The van der Waals surface area contributed by atoms with Crippen LogP contribution >= 0.6 is 11.8 Å². The number of aryl methyl sites for hydroxylation is 2. The molecular weight excluding hydrogens is 448 g/mol. The lowest BCUT2D eigenvalue weighted by Crippen LogP contribution is -2.43. The molecule has 2 N–H and O–H groups in total. The summed E-state index contributed by atoms with van der Waals surface area (Å²) in [6, 6.07) is 6.07. The third-order valence-corrected chi connectivity index (χ3v) is 7.79. The van der Waals surface area contributed by atoms with Gasteiger partial charge in [0, 0.05) is 31.0 Å². The number of aromatic nitrogens is 2. The Morgan fingerprint density at radius 2 is 1.88 bits per heavy atom. The van der Waals surface area contributed by atoms with Crippen LogP contribution in [0, 0.1) is 13.8 Å². The lowest BCUT2D eigenvalue weighted by molar-refractivity contribution is -0.528. The molecule has 1 aromatic heterocycles. The largest absolute Gasteiger partial charge is 0.379 e. The molecule has 0 aliphatic carbocycles. The number of carbonyl (C=O) groups excluding carboxylic acids is 1. The predicted molar refractivity (Wildman–Crippen MR) is 135 cm³/mol. The Kier molecular flexibility index (Phi) is 6.85. The lowest BCUT2D eigenvalue weighted by Gasteiger charge is -2.27. The molecule has 2 saturated heterocycles. The first kappa shape index (κ1) is 23.3. The van der Waals surface area contributed by atoms with E-state index in [9.17, 15) is 4.79 Å². The summed E-state index contributed by atoms with van der Waals surface area (Å²) in [4.78, 5) is 27.3. The standard InChI is InChI=1S/C25H33N6O2S/c1-17-14-18(2)20-15-19(17)21-16-22(28-25(26)27-21)34-13-10-30(7-6-29-8-11-33-12-9-29)23-4-3-5-31(23)24(20)32/h14-16H,3-13H2,1-2H3,(H2,26,27,28)/q+1. The van der Waals surface area contributed by atoms with Crippen molar-refractivity contribution in [3.05, 3.63) is 34.9 Å². The van der Waals surface area contributed by atoms with Crippen molar-refractivity contribution in [3.8, 4) is 11.3 Å². The van der Waals surface area contributed by atoms with Crippen LogP contribution < -0.4 is 5.73 Å². The molecule has 1 aromatic carbocycles. The molecule has 3 aliphatic heterocycles. The van der Waals surface area contributed by atoms with E-state index < -0.39 is 0 Å². The first-order chi connectivity index (χ1) is 16.5. The van der Waals surface area contributed by atoms with Gasteiger partial charge in [-0.05, 0) is 43.5 Å². The molecular formula is C25H33N6O2S+. The first-order valence-corrected chi connectivity index (χ1v) is 13.1. The SMILES string of the molecule is Cc1cc(C)c2cc1C(=O)N1CCCC1=[N+](CCN1CCOCC1)CCSc1cc-2nc(N)n1. The number of rotatable bonds is 3. The molecule has 0 unspecified atom stereocenters. The van der Waals surface area contributed by atoms with E-state index in [2.05, 4.69) is 32.4 Å². The number of nitrogens with zero attached hydrogens (tertiary/aromatic N) is 5. The van der Waals surface area contributed by atoms with Crippen molar-refractivity contribution in [2.45, 2.75) is 31.7 Å². The minimum Gasteiger partial charge on any atom is -0.379 e. The van der Waals surface area contributed by atoms with Gasteiger partial charge in [-0.15, -0.1) is 11.8 Å². The van der Waals surface area contributed by atoms with Crippen LogP contribution in [0.5, 0.6) is 0 Å². The summed E-state index contributed by atoms with van der Waals surface area (Å²) < 4.78 is 7.93. The second-order valence-corrected chi connectivity index (χ2v) is 10.3. The minimum absolute atomic E-state index is 0.0803. The van der Waals surface area contributed by atoms with Crippen molar-refractivity contribution < 1.29 is 14.1 Å². The molecule has 0 radical (unpaired) electrons. The Morgan fingerprint density at radius 3 is 2.71 bits per heavy atom. The number of anilines is 1. The number of ether oxygens (including phenoxy) is 1. The van der Waals surface area contributed by atoms with E-state index in [4.69, 9.17) is 10.5 Å². The number of amidine groups is 1. The topological polar surface area (TPSA) is 87.6 Å². The molecule has 0 atom stereocenters. The van der Waals surface area contributed by atoms with Gasteiger partial charge in [0.2, 0.25) is 5.95 Å². The summed E-state index contributed by atoms with van der Waals surface area (Å²) in [7, 11) is 0. The van der Waals surface area contributed by atoms with Crippen LogP contribution in [-0.2, 0) is 4.74 Å². The zero-order valence-corrected chi connectivity index (χ0v) is 20.9. The van der Waals surface area contributed by atoms with Gasteiger partial charge in [-0.25, -0.2) is 14.8 Å². The number of hydrogen-bond donors (Lipinski definition) is 1. The number of benzene rings is 1. The van der Waals surface area contributed by atoms with Crippen LogP contribution in [0.25, 0.3) is 11.3 Å². The maximum absolute atomic E-state index is 13.9. The Hall–Kier alpha value is -2.49. The summed E-state index contributed by atoms with van der Waals surface area (Å²) in [5, 5.41) is 0.871. The van der Waals surface area contributed by atoms with Crippen molar-refractivity contribution >= 4 is 29.5 Å². The van der Waals surface area contributed by atoms with Crippen molar-refractivity contribution in [3.63, 3.8) is 0 Å². The normalized spacial score (nSPS) is 19.5. The summed E-state index contributed by atoms with van der Waals surface area (Å²) >= 11 is 1.70. The molecule has 9 heteroatoms. The number of hydrogen-bond acceptors (Lipinski definition) is 7. The van der Waals surface area contributed by atoms with Crippen molar-refractivity contribution in [1.82, 2.24) is 19.8 Å². The highest BCUT2D eigenvalue weighted by Gasteiger charge is 2.36. The predicted octanol–water partition coefficient (Wildman–Crippen LogP) is 2.43. The molecule has 2 aromatic rings. The highest BCUT2D eigenvalue weighted by Crippen LogP contribution is 2.30. The zero-order valence-electron chi connectivity index (χ0n) is 20.0. The molecule has 4 bridgehead atoms. The summed E-state index contributed by atoms with van der Waals surface area (Å²) in [5.41, 5.74) is 10.6. The molecule has 0 saturated carbocycles. The van der Waals surface area contributed by atoms with E-state index in [1.807, 2.05) is 24.0 Å². The lowest BCUT2D eigenvalue weighted by atomic mass is 9.97. The van der Waals surface area contributed by atoms with Crippen LogP contribution in [0.3, 0.4) is 0 Å². The van der Waals surface area contributed by atoms with Gasteiger partial charge in [0.1, 0.15) is 5.03 Å². The fourth-order valence-corrected chi connectivity index (χ4v) is 5.96. The number of thioether (sulfide) groups is 1. The quantitative estimate of drug-likeness (QED) is 0.532. The summed E-state index contributed by atoms with van der Waals surface area (Å²) in [6.07, 6.45) is 1.93. The van der Waals surface area contributed by atoms with E-state index in [0.717, 1.165) is 110 Å². The maximum Gasteiger partial charge on any atom is 0.341 e. The van der Waals surface area contributed by atoms with Gasteiger partial charge in [0.25, 0.3) is 5.84 Å². The number of nitrogens with two attached hydrogens (primary N) is 1. The van der Waals surface area contributed by atoms with Gasteiger partial charge in [-0.2, -0.15) is 4.90 Å². The molecule has 180 valence electrons. The molecule has 34 heavy (non-hydrogen) atoms. The highest BCUT2D eigenvalue weighted by molar-refractivity contribution is 7.99. The number of carbonyl (C=O) groups is 1. The zero-order chi connectivity index (χ0) is 23.7. The number of amides is 1. The van der Waals surface area contributed by atoms with Gasteiger partial charge < -0.3 is 10.5 Å². The molecule has 8 nitrogen and oxygen atoms in total. The van der Waals surface area contributed by atoms with Gasteiger partial charge >= 0.3 is 5.91 Å². The second-order valence-electron chi connectivity index (χ2n) is 9.20. The van der Waals surface area contributed by atoms with E-state index >= 15 is 0 Å². The first-order valence-electron chi connectivity index (χ1n) is 12.1. The Labute approximate surface area is 205 Å². The highest BCUT2D eigenvalue weighted by atomic mass is 32.2. The summed E-state index contributed by atoms with van der Waals surface area (Å²) in [5.74, 6) is 2.36. The minimum atomic E-state index is 0.0803. The Bertz CT molecular complexity index is 1130. The molecule has 3 aliphatic rings. The van der Waals surface area contributed by atoms with Crippen LogP contribution in [0.1, 0.15) is 34.3 Å². The van der Waals surface area contributed by atoms with E-state index in [0.29, 0.717) is 0 Å². The number of morpholine rings is 1. The van der Waals surface area contributed by atoms with Crippen LogP contribution in [0.2, 0.25) is 0 Å². The average Bonchev–Trinajstić information content (AvgIpc) is 3.30. The third kappa shape index (κ3) is 4.82. The maximum atomic E-state index is 13.9. The Morgan fingerprint density at radius 1 is 1.09 bits per heavy atom. The molecule has 1 amide bonds. The monoisotopic (exact) mass is 481 g/mol. The van der Waals surface area contributed by atoms with Crippen molar-refractivity contribution in [2.24, 2.45) is 0 Å². The van der Waals surface area contributed by atoms with Gasteiger partial charge in [-0.3, -0.25) is 9.48 Å². The third-order valence-electron chi connectivity index (χ3n) is 6.90. The van der Waals surface area contributed by atoms with Crippen molar-refractivity contribution in [1.29, 1.82) is 0 Å². The van der Waals surface area contributed by atoms with Gasteiger partial charge in [0.05, 0.1) is 50.5 Å².